The highest BCUT2D eigenvalue weighted by Gasteiger charge is 2.04. The molecule has 6 nitrogen and oxygen atoms in total. The highest BCUT2D eigenvalue weighted by Crippen LogP contribution is 2.17. The lowest BCUT2D eigenvalue weighted by Crippen LogP contribution is -2.26. The molecule has 1 aromatic heterocycles. The number of fused-ring (bicyclic) bond motifs is 1. The highest BCUT2D eigenvalue weighted by atomic mass is 16.2. The summed E-state index contributed by atoms with van der Waals surface area (Å²) in [6, 6.07) is 7.76. The number of rotatable bonds is 9. The predicted molar refractivity (Wildman–Crippen MR) is 86.6 cm³/mol. The van der Waals surface area contributed by atoms with E-state index in [0.717, 1.165) is 36.0 Å². The summed E-state index contributed by atoms with van der Waals surface area (Å²) in [7, 11) is 0. The largest absolute Gasteiger partial charge is 0.396 e. The number of carbonyl (C=O) groups excluding carboxylic acids is 1. The second-order valence-electron chi connectivity index (χ2n) is 5.05. The van der Waals surface area contributed by atoms with Crippen molar-refractivity contribution in [1.29, 1.82) is 0 Å². The SMILES string of the molecule is O=C(CCNc1ncnc2ccccc12)NCCCCCO. The molecule has 0 spiro atoms. The van der Waals surface area contributed by atoms with E-state index in [0.29, 0.717) is 19.5 Å². The van der Waals surface area contributed by atoms with Gasteiger partial charge in [0.05, 0.1) is 5.52 Å². The Morgan fingerprint density at radius 2 is 1.95 bits per heavy atom. The van der Waals surface area contributed by atoms with Crippen molar-refractivity contribution in [2.45, 2.75) is 25.7 Å². The van der Waals surface area contributed by atoms with Gasteiger partial charge in [0.15, 0.2) is 0 Å². The van der Waals surface area contributed by atoms with Gasteiger partial charge in [-0.3, -0.25) is 4.79 Å². The van der Waals surface area contributed by atoms with Crippen molar-refractivity contribution in [1.82, 2.24) is 15.3 Å². The molecule has 0 bridgehead atoms. The fraction of sp³-hybridized carbons (Fsp3) is 0.438. The lowest BCUT2D eigenvalue weighted by molar-refractivity contribution is -0.120. The summed E-state index contributed by atoms with van der Waals surface area (Å²) in [6.07, 6.45) is 4.54. The summed E-state index contributed by atoms with van der Waals surface area (Å²) < 4.78 is 0. The van der Waals surface area contributed by atoms with Gasteiger partial charge in [-0.05, 0) is 31.4 Å². The fourth-order valence-electron chi connectivity index (χ4n) is 2.17. The van der Waals surface area contributed by atoms with Crippen LogP contribution in [0.15, 0.2) is 30.6 Å². The van der Waals surface area contributed by atoms with Crippen LogP contribution in [0.25, 0.3) is 10.9 Å². The van der Waals surface area contributed by atoms with E-state index < -0.39 is 0 Å². The van der Waals surface area contributed by atoms with E-state index in [1.54, 1.807) is 0 Å². The minimum Gasteiger partial charge on any atom is -0.396 e. The van der Waals surface area contributed by atoms with Crippen molar-refractivity contribution in [2.24, 2.45) is 0 Å². The number of anilines is 1. The van der Waals surface area contributed by atoms with Crippen LogP contribution in [0.5, 0.6) is 0 Å². The fourth-order valence-corrected chi connectivity index (χ4v) is 2.17. The van der Waals surface area contributed by atoms with Crippen LogP contribution in [0, 0.1) is 0 Å². The van der Waals surface area contributed by atoms with Gasteiger partial charge in [0.25, 0.3) is 0 Å². The number of hydrogen-bond donors (Lipinski definition) is 3. The lowest BCUT2D eigenvalue weighted by atomic mass is 10.2. The first-order valence-electron chi connectivity index (χ1n) is 7.62. The van der Waals surface area contributed by atoms with Gasteiger partial charge in [-0.1, -0.05) is 12.1 Å². The molecule has 2 aromatic rings. The van der Waals surface area contributed by atoms with E-state index in [9.17, 15) is 4.79 Å². The van der Waals surface area contributed by atoms with Crippen molar-refractivity contribution in [3.8, 4) is 0 Å². The molecule has 0 radical (unpaired) electrons. The maximum Gasteiger partial charge on any atom is 0.221 e. The maximum absolute atomic E-state index is 11.7. The standard InChI is InChI=1S/C16H22N4O2/c21-11-5-1-4-9-17-15(22)8-10-18-16-13-6-2-3-7-14(13)19-12-20-16/h2-3,6-7,12,21H,1,4-5,8-11H2,(H,17,22)(H,18,19,20). The molecule has 2 rings (SSSR count). The first-order valence-corrected chi connectivity index (χ1v) is 7.62. The third-order valence-electron chi connectivity index (χ3n) is 3.34. The minimum atomic E-state index is 0.0230. The van der Waals surface area contributed by atoms with E-state index in [2.05, 4.69) is 20.6 Å². The summed E-state index contributed by atoms with van der Waals surface area (Å²) in [5.41, 5.74) is 0.883. The number of aromatic nitrogens is 2. The smallest absolute Gasteiger partial charge is 0.221 e. The molecular formula is C16H22N4O2. The average molecular weight is 302 g/mol. The summed E-state index contributed by atoms with van der Waals surface area (Å²) in [5.74, 6) is 0.774. The monoisotopic (exact) mass is 302 g/mol. The first kappa shape index (κ1) is 16.2. The number of para-hydroxylation sites is 1. The van der Waals surface area contributed by atoms with E-state index in [1.165, 1.54) is 6.33 Å². The number of nitrogens with zero attached hydrogens (tertiary/aromatic N) is 2. The quantitative estimate of drug-likeness (QED) is 0.614. The summed E-state index contributed by atoms with van der Waals surface area (Å²) in [6.45, 7) is 1.41. The van der Waals surface area contributed by atoms with Gasteiger partial charge in [0.1, 0.15) is 12.1 Å². The molecule has 3 N–H and O–H groups in total. The molecule has 0 saturated heterocycles. The van der Waals surface area contributed by atoms with Gasteiger partial charge < -0.3 is 15.7 Å². The number of aliphatic hydroxyl groups is 1. The zero-order chi connectivity index (χ0) is 15.6. The topological polar surface area (TPSA) is 87.1 Å². The Hall–Kier alpha value is -2.21. The van der Waals surface area contributed by atoms with Crippen LogP contribution < -0.4 is 10.6 Å². The molecule has 22 heavy (non-hydrogen) atoms. The van der Waals surface area contributed by atoms with Crippen LogP contribution in [-0.2, 0) is 4.79 Å². The molecule has 1 aromatic carbocycles. The van der Waals surface area contributed by atoms with Crippen molar-refractivity contribution >= 4 is 22.6 Å². The highest BCUT2D eigenvalue weighted by molar-refractivity contribution is 5.88. The molecular weight excluding hydrogens is 280 g/mol. The molecule has 0 aliphatic rings. The van der Waals surface area contributed by atoms with Crippen LogP contribution in [0.2, 0.25) is 0 Å². The Bertz CT molecular complexity index is 598. The van der Waals surface area contributed by atoms with Crippen LogP contribution >= 0.6 is 0 Å². The molecule has 0 saturated carbocycles. The molecule has 0 fully saturated rings. The Morgan fingerprint density at radius 1 is 1.09 bits per heavy atom. The molecule has 6 heteroatoms. The van der Waals surface area contributed by atoms with Crippen LogP contribution in [0.1, 0.15) is 25.7 Å². The number of benzene rings is 1. The summed E-state index contributed by atoms with van der Waals surface area (Å²) >= 11 is 0. The van der Waals surface area contributed by atoms with Crippen molar-refractivity contribution < 1.29 is 9.90 Å². The number of carbonyl (C=O) groups is 1. The number of nitrogens with one attached hydrogen (secondary N) is 2. The van der Waals surface area contributed by atoms with Crippen molar-refractivity contribution in [2.75, 3.05) is 25.0 Å². The maximum atomic E-state index is 11.7. The number of hydrogen-bond acceptors (Lipinski definition) is 5. The second kappa shape index (κ2) is 8.94. The Balaban J connectivity index is 1.72. The van der Waals surface area contributed by atoms with Gasteiger partial charge in [-0.15, -0.1) is 0 Å². The zero-order valence-electron chi connectivity index (χ0n) is 12.6. The van der Waals surface area contributed by atoms with Crippen LogP contribution in [0.3, 0.4) is 0 Å². The van der Waals surface area contributed by atoms with Crippen LogP contribution in [-0.4, -0.2) is 40.7 Å². The second-order valence-corrected chi connectivity index (χ2v) is 5.05. The van der Waals surface area contributed by atoms with Crippen molar-refractivity contribution in [3.05, 3.63) is 30.6 Å². The normalized spacial score (nSPS) is 10.6. The number of amides is 1. The third-order valence-corrected chi connectivity index (χ3v) is 3.34. The van der Waals surface area contributed by atoms with Gasteiger partial charge in [-0.25, -0.2) is 9.97 Å². The van der Waals surface area contributed by atoms with Gasteiger partial charge in [0.2, 0.25) is 5.91 Å². The Labute approximate surface area is 130 Å². The van der Waals surface area contributed by atoms with Gasteiger partial charge >= 0.3 is 0 Å². The molecule has 0 aliphatic carbocycles. The summed E-state index contributed by atoms with van der Waals surface area (Å²) in [4.78, 5) is 20.1. The molecule has 1 amide bonds. The van der Waals surface area contributed by atoms with E-state index in [1.807, 2.05) is 24.3 Å². The summed E-state index contributed by atoms with van der Waals surface area (Å²) in [5, 5.41) is 15.7. The minimum absolute atomic E-state index is 0.0230. The van der Waals surface area contributed by atoms with E-state index >= 15 is 0 Å². The molecule has 0 atom stereocenters. The van der Waals surface area contributed by atoms with Gasteiger partial charge in [0, 0.05) is 31.5 Å². The predicted octanol–water partition coefficient (Wildman–Crippen LogP) is 1.71. The van der Waals surface area contributed by atoms with E-state index in [4.69, 9.17) is 5.11 Å². The number of aliphatic hydroxyl groups excluding tert-OH is 1. The van der Waals surface area contributed by atoms with E-state index in [-0.39, 0.29) is 12.5 Å². The van der Waals surface area contributed by atoms with Gasteiger partial charge in [-0.2, -0.15) is 0 Å². The zero-order valence-corrected chi connectivity index (χ0v) is 12.6. The third kappa shape index (κ3) is 4.96. The van der Waals surface area contributed by atoms with Crippen LogP contribution in [0.4, 0.5) is 5.82 Å². The molecule has 1 heterocycles. The van der Waals surface area contributed by atoms with Crippen molar-refractivity contribution in [3.63, 3.8) is 0 Å². The Morgan fingerprint density at radius 3 is 2.82 bits per heavy atom. The first-order chi connectivity index (χ1) is 10.8. The molecule has 0 aliphatic heterocycles. The Kier molecular flexibility index (Phi) is 6.57. The molecule has 0 unspecified atom stereocenters. The lowest BCUT2D eigenvalue weighted by Gasteiger charge is -2.08. The number of unbranched alkanes of at least 4 members (excludes halogenated alkanes) is 2. The average Bonchev–Trinajstić information content (AvgIpc) is 2.55. The molecule has 118 valence electrons.